The van der Waals surface area contributed by atoms with Crippen molar-refractivity contribution < 1.29 is 9.18 Å². The molecule has 3 aromatic rings. The molecule has 0 saturated carbocycles. The lowest BCUT2D eigenvalue weighted by atomic mass is 10.1. The summed E-state index contributed by atoms with van der Waals surface area (Å²) in [4.78, 5) is 18.7. The minimum atomic E-state index is -0.314. The maximum absolute atomic E-state index is 13.3. The molecule has 0 radical (unpaired) electrons. The van der Waals surface area contributed by atoms with Gasteiger partial charge in [0.25, 0.3) is 5.91 Å². The Morgan fingerprint density at radius 2 is 1.76 bits per heavy atom. The van der Waals surface area contributed by atoms with Crippen molar-refractivity contribution >= 4 is 22.9 Å². The standard InChI is InChI=1S/C19H15FN4O/c1-13-2-8-16(9-3-13)23-10-17(14-4-6-15(20)7-5-14)18(19(23)25)24-12-21-11-22-24/h2-9,11-12H,10H2,1H3. The molecule has 0 aliphatic carbocycles. The van der Waals surface area contributed by atoms with E-state index < -0.39 is 0 Å². The van der Waals surface area contributed by atoms with Gasteiger partial charge in [-0.15, -0.1) is 0 Å². The van der Waals surface area contributed by atoms with Crippen molar-refractivity contribution in [1.29, 1.82) is 0 Å². The second kappa shape index (κ2) is 5.98. The van der Waals surface area contributed by atoms with E-state index in [1.54, 1.807) is 17.0 Å². The molecule has 0 N–H and O–H groups in total. The van der Waals surface area contributed by atoms with E-state index in [2.05, 4.69) is 10.1 Å². The SMILES string of the molecule is Cc1ccc(N2CC(c3ccc(F)cc3)=C(n3cncn3)C2=O)cc1. The zero-order valence-corrected chi connectivity index (χ0v) is 13.6. The van der Waals surface area contributed by atoms with Crippen LogP contribution in [0.3, 0.4) is 0 Å². The summed E-state index contributed by atoms with van der Waals surface area (Å²) < 4.78 is 14.7. The first kappa shape index (κ1) is 15.3. The van der Waals surface area contributed by atoms with Crippen molar-refractivity contribution in [3.05, 3.63) is 78.1 Å². The van der Waals surface area contributed by atoms with E-state index >= 15 is 0 Å². The lowest BCUT2D eigenvalue weighted by Crippen LogP contribution is -2.27. The van der Waals surface area contributed by atoms with E-state index in [0.29, 0.717) is 12.2 Å². The largest absolute Gasteiger partial charge is 0.302 e. The van der Waals surface area contributed by atoms with Crippen LogP contribution in [0.4, 0.5) is 10.1 Å². The van der Waals surface area contributed by atoms with Crippen molar-refractivity contribution in [2.24, 2.45) is 0 Å². The predicted octanol–water partition coefficient (Wildman–Crippen LogP) is 3.14. The predicted molar refractivity (Wildman–Crippen MR) is 93.1 cm³/mol. The van der Waals surface area contributed by atoms with Crippen LogP contribution in [-0.4, -0.2) is 27.2 Å². The summed E-state index contributed by atoms with van der Waals surface area (Å²) in [6.45, 7) is 2.39. The van der Waals surface area contributed by atoms with Crippen molar-refractivity contribution in [2.75, 3.05) is 11.4 Å². The highest BCUT2D eigenvalue weighted by Crippen LogP contribution is 2.33. The number of amides is 1. The summed E-state index contributed by atoms with van der Waals surface area (Å²) in [6.07, 6.45) is 2.88. The van der Waals surface area contributed by atoms with Crippen LogP contribution in [0, 0.1) is 12.7 Å². The molecule has 25 heavy (non-hydrogen) atoms. The van der Waals surface area contributed by atoms with Gasteiger partial charge in [0.2, 0.25) is 0 Å². The second-order valence-electron chi connectivity index (χ2n) is 5.90. The van der Waals surface area contributed by atoms with Gasteiger partial charge in [-0.05, 0) is 36.8 Å². The van der Waals surface area contributed by atoms with E-state index in [1.807, 2.05) is 31.2 Å². The maximum Gasteiger partial charge on any atom is 0.277 e. The molecule has 0 unspecified atom stereocenters. The van der Waals surface area contributed by atoms with Gasteiger partial charge in [-0.2, -0.15) is 5.10 Å². The number of aryl methyl sites for hydroxylation is 1. The smallest absolute Gasteiger partial charge is 0.277 e. The Morgan fingerprint density at radius 3 is 2.40 bits per heavy atom. The van der Waals surface area contributed by atoms with Gasteiger partial charge in [-0.3, -0.25) is 4.79 Å². The molecule has 1 amide bonds. The molecule has 2 aromatic carbocycles. The quantitative estimate of drug-likeness (QED) is 0.739. The van der Waals surface area contributed by atoms with Crippen molar-refractivity contribution in [1.82, 2.24) is 14.8 Å². The van der Waals surface area contributed by atoms with E-state index in [1.165, 1.54) is 29.5 Å². The molecule has 124 valence electrons. The van der Waals surface area contributed by atoms with Gasteiger partial charge in [0, 0.05) is 11.3 Å². The number of aromatic nitrogens is 3. The van der Waals surface area contributed by atoms with Gasteiger partial charge in [0.1, 0.15) is 24.2 Å². The van der Waals surface area contributed by atoms with E-state index in [-0.39, 0.29) is 11.7 Å². The Balaban J connectivity index is 1.80. The number of carbonyl (C=O) groups excluding carboxylic acids is 1. The van der Waals surface area contributed by atoms with Gasteiger partial charge in [-0.25, -0.2) is 14.1 Å². The minimum absolute atomic E-state index is 0.159. The lowest BCUT2D eigenvalue weighted by molar-refractivity contribution is -0.113. The first-order chi connectivity index (χ1) is 12.1. The lowest BCUT2D eigenvalue weighted by Gasteiger charge is -2.17. The van der Waals surface area contributed by atoms with Gasteiger partial charge >= 0.3 is 0 Å². The first-order valence-corrected chi connectivity index (χ1v) is 7.86. The summed E-state index contributed by atoms with van der Waals surface area (Å²) >= 11 is 0. The number of rotatable bonds is 3. The third-order valence-electron chi connectivity index (χ3n) is 4.24. The van der Waals surface area contributed by atoms with Gasteiger partial charge in [-0.1, -0.05) is 29.8 Å². The number of anilines is 1. The topological polar surface area (TPSA) is 51.0 Å². The highest BCUT2D eigenvalue weighted by atomic mass is 19.1. The molecular weight excluding hydrogens is 319 g/mol. The molecule has 0 saturated heterocycles. The van der Waals surface area contributed by atoms with Crippen LogP contribution >= 0.6 is 0 Å². The Kier molecular flexibility index (Phi) is 3.65. The zero-order valence-electron chi connectivity index (χ0n) is 13.6. The Morgan fingerprint density at radius 1 is 1.04 bits per heavy atom. The minimum Gasteiger partial charge on any atom is -0.302 e. The average Bonchev–Trinajstić information content (AvgIpc) is 3.24. The molecule has 1 aliphatic rings. The second-order valence-corrected chi connectivity index (χ2v) is 5.90. The first-order valence-electron chi connectivity index (χ1n) is 7.86. The molecule has 0 bridgehead atoms. The maximum atomic E-state index is 13.3. The monoisotopic (exact) mass is 334 g/mol. The molecule has 5 nitrogen and oxygen atoms in total. The number of hydrogen-bond donors (Lipinski definition) is 0. The molecule has 1 aromatic heterocycles. The van der Waals surface area contributed by atoms with E-state index in [4.69, 9.17) is 0 Å². The molecule has 4 rings (SSSR count). The molecule has 6 heteroatoms. The van der Waals surface area contributed by atoms with Gasteiger partial charge in [0.05, 0.1) is 6.54 Å². The number of halogens is 1. The van der Waals surface area contributed by atoms with Crippen LogP contribution in [0.25, 0.3) is 11.3 Å². The number of benzene rings is 2. The van der Waals surface area contributed by atoms with Crippen LogP contribution in [0.15, 0.2) is 61.2 Å². The van der Waals surface area contributed by atoms with Crippen LogP contribution in [0.1, 0.15) is 11.1 Å². The average molecular weight is 334 g/mol. The Labute approximate surface area is 144 Å². The Bertz CT molecular complexity index is 944. The molecular formula is C19H15FN4O. The van der Waals surface area contributed by atoms with Crippen molar-refractivity contribution in [2.45, 2.75) is 6.92 Å². The summed E-state index contributed by atoms with van der Waals surface area (Å²) in [5.41, 5.74) is 3.94. The van der Waals surface area contributed by atoms with Gasteiger partial charge < -0.3 is 4.90 Å². The van der Waals surface area contributed by atoms with E-state index in [9.17, 15) is 9.18 Å². The number of hydrogen-bond acceptors (Lipinski definition) is 3. The summed E-state index contributed by atoms with van der Waals surface area (Å²) in [5, 5.41) is 4.11. The highest BCUT2D eigenvalue weighted by Gasteiger charge is 2.33. The third kappa shape index (κ3) is 2.71. The van der Waals surface area contributed by atoms with E-state index in [0.717, 1.165) is 22.4 Å². The summed E-state index contributed by atoms with van der Waals surface area (Å²) in [5.74, 6) is -0.472. The third-order valence-corrected chi connectivity index (χ3v) is 4.24. The van der Waals surface area contributed by atoms with Crippen molar-refractivity contribution in [3.8, 4) is 0 Å². The van der Waals surface area contributed by atoms with Crippen LogP contribution in [0.2, 0.25) is 0 Å². The molecule has 1 aliphatic heterocycles. The highest BCUT2D eigenvalue weighted by molar-refractivity contribution is 6.32. The van der Waals surface area contributed by atoms with Crippen LogP contribution in [-0.2, 0) is 4.79 Å². The van der Waals surface area contributed by atoms with Crippen LogP contribution < -0.4 is 4.90 Å². The van der Waals surface area contributed by atoms with Gasteiger partial charge in [0.15, 0.2) is 0 Å². The fraction of sp³-hybridized carbons (Fsp3) is 0.105. The molecule has 0 fully saturated rings. The van der Waals surface area contributed by atoms with Crippen molar-refractivity contribution in [3.63, 3.8) is 0 Å². The number of carbonyl (C=O) groups is 1. The van der Waals surface area contributed by atoms with Crippen LogP contribution in [0.5, 0.6) is 0 Å². The summed E-state index contributed by atoms with van der Waals surface area (Å²) in [7, 11) is 0. The number of nitrogens with zero attached hydrogens (tertiary/aromatic N) is 4. The summed E-state index contributed by atoms with van der Waals surface area (Å²) in [6, 6.07) is 13.9. The zero-order chi connectivity index (χ0) is 17.4. The molecule has 0 spiro atoms. The Hall–Kier alpha value is -3.28. The molecule has 2 heterocycles. The molecule has 0 atom stereocenters. The fourth-order valence-corrected chi connectivity index (χ4v) is 2.93. The normalized spacial score (nSPS) is 14.5. The fourth-order valence-electron chi connectivity index (χ4n) is 2.93.